The molecule has 34 heavy (non-hydrogen) atoms. The van der Waals surface area contributed by atoms with Gasteiger partial charge in [0.05, 0.1) is 5.56 Å². The molecule has 2 N–H and O–H groups in total. The number of alkyl halides is 1. The van der Waals surface area contributed by atoms with Crippen molar-refractivity contribution in [2.45, 2.75) is 31.9 Å². The summed E-state index contributed by atoms with van der Waals surface area (Å²) < 4.78 is 26.0. The van der Waals surface area contributed by atoms with E-state index in [1.165, 1.54) is 31.5 Å². The highest BCUT2D eigenvalue weighted by molar-refractivity contribution is 6.20. The summed E-state index contributed by atoms with van der Waals surface area (Å²) in [4.78, 5) is 27.9. The van der Waals surface area contributed by atoms with Crippen LogP contribution in [0.25, 0.3) is 0 Å². The first-order valence-electron chi connectivity index (χ1n) is 10.8. The molecule has 3 aromatic rings. The molecular weight excluding hydrogens is 461 g/mol. The van der Waals surface area contributed by atoms with E-state index in [4.69, 9.17) is 21.1 Å². The maximum absolute atomic E-state index is 14.6. The minimum atomic E-state index is -0.587. The molecule has 0 aliphatic heterocycles. The van der Waals surface area contributed by atoms with Gasteiger partial charge in [-0.25, -0.2) is 4.39 Å². The van der Waals surface area contributed by atoms with Crippen LogP contribution in [-0.2, 0) is 11.3 Å². The monoisotopic (exact) mass is 483 g/mol. The first-order valence-corrected chi connectivity index (χ1v) is 11.2. The van der Waals surface area contributed by atoms with Gasteiger partial charge in [-0.1, -0.05) is 23.7 Å². The highest BCUT2D eigenvalue weighted by atomic mass is 35.5. The molecule has 1 fully saturated rings. The van der Waals surface area contributed by atoms with Gasteiger partial charge in [0.2, 0.25) is 5.91 Å². The molecule has 0 saturated heterocycles. The summed E-state index contributed by atoms with van der Waals surface area (Å²) in [5, 5.41) is 5.39. The summed E-state index contributed by atoms with van der Waals surface area (Å²) in [6.07, 6.45) is 4.95. The number of benzene rings is 2. The SMILES string of the molecule is CC(=O)Nc1cccc(Oc2ccc(CNC(=O)c3cnccc3OC(Cl)C3CC3)cc2F)c1. The summed E-state index contributed by atoms with van der Waals surface area (Å²) >= 11 is 6.24. The van der Waals surface area contributed by atoms with Gasteiger partial charge in [0.1, 0.15) is 11.5 Å². The Hall–Kier alpha value is -3.65. The fourth-order valence-corrected chi connectivity index (χ4v) is 3.56. The molecular formula is C25H23ClFN3O4. The summed E-state index contributed by atoms with van der Waals surface area (Å²) in [6.45, 7) is 1.49. The van der Waals surface area contributed by atoms with Gasteiger partial charge < -0.3 is 20.1 Å². The molecule has 1 unspecified atom stereocenters. The minimum absolute atomic E-state index is 0.0197. The molecule has 2 amide bonds. The first kappa shape index (κ1) is 23.5. The highest BCUT2D eigenvalue weighted by Crippen LogP contribution is 2.37. The number of amides is 2. The Morgan fingerprint density at radius 1 is 1.18 bits per heavy atom. The number of pyridine rings is 1. The number of ether oxygens (including phenoxy) is 2. The largest absolute Gasteiger partial charge is 0.473 e. The molecule has 1 aromatic heterocycles. The molecule has 0 radical (unpaired) electrons. The van der Waals surface area contributed by atoms with Crippen molar-refractivity contribution in [3.05, 3.63) is 77.9 Å². The van der Waals surface area contributed by atoms with Crippen LogP contribution < -0.4 is 20.1 Å². The van der Waals surface area contributed by atoms with Gasteiger partial charge in [0.25, 0.3) is 5.91 Å². The predicted octanol–water partition coefficient (Wildman–Crippen LogP) is 5.26. The third-order valence-corrected chi connectivity index (χ3v) is 5.53. The molecule has 1 atom stereocenters. The summed E-state index contributed by atoms with van der Waals surface area (Å²) in [5.41, 5.74) is 0.855. The van der Waals surface area contributed by atoms with Crippen molar-refractivity contribution in [1.82, 2.24) is 10.3 Å². The highest BCUT2D eigenvalue weighted by Gasteiger charge is 2.32. The number of carbonyl (C=O) groups is 2. The summed E-state index contributed by atoms with van der Waals surface area (Å²) in [7, 11) is 0. The second-order valence-electron chi connectivity index (χ2n) is 7.94. The van der Waals surface area contributed by atoms with Gasteiger partial charge in [-0.15, -0.1) is 0 Å². The minimum Gasteiger partial charge on any atom is -0.473 e. The topological polar surface area (TPSA) is 89.6 Å². The Morgan fingerprint density at radius 2 is 2.00 bits per heavy atom. The molecule has 2 aromatic carbocycles. The molecule has 1 heterocycles. The zero-order valence-corrected chi connectivity index (χ0v) is 19.1. The third kappa shape index (κ3) is 6.23. The maximum atomic E-state index is 14.6. The zero-order chi connectivity index (χ0) is 24.1. The Balaban J connectivity index is 1.38. The smallest absolute Gasteiger partial charge is 0.256 e. The van der Waals surface area contributed by atoms with Crippen LogP contribution in [0.3, 0.4) is 0 Å². The lowest BCUT2D eigenvalue weighted by atomic mass is 10.2. The molecule has 9 heteroatoms. The van der Waals surface area contributed by atoms with E-state index in [1.54, 1.807) is 36.4 Å². The number of hydrogen-bond acceptors (Lipinski definition) is 5. The number of nitrogens with one attached hydrogen (secondary N) is 2. The molecule has 4 rings (SSSR count). The first-order chi connectivity index (χ1) is 16.4. The lowest BCUT2D eigenvalue weighted by Crippen LogP contribution is -2.24. The van der Waals surface area contributed by atoms with Crippen molar-refractivity contribution >= 4 is 29.1 Å². The number of hydrogen-bond donors (Lipinski definition) is 2. The van der Waals surface area contributed by atoms with E-state index in [2.05, 4.69) is 15.6 Å². The van der Waals surface area contributed by atoms with Gasteiger partial charge in [-0.05, 0) is 48.7 Å². The van der Waals surface area contributed by atoms with Crippen molar-refractivity contribution in [2.24, 2.45) is 5.92 Å². The van der Waals surface area contributed by atoms with Crippen molar-refractivity contribution < 1.29 is 23.5 Å². The summed E-state index contributed by atoms with van der Waals surface area (Å²) in [5.74, 6) is -0.164. The van der Waals surface area contributed by atoms with E-state index in [0.29, 0.717) is 28.7 Å². The van der Waals surface area contributed by atoms with E-state index >= 15 is 0 Å². The predicted molar refractivity (Wildman–Crippen MR) is 126 cm³/mol. The fourth-order valence-electron chi connectivity index (χ4n) is 3.21. The van der Waals surface area contributed by atoms with Crippen LogP contribution in [-0.4, -0.2) is 22.4 Å². The third-order valence-electron chi connectivity index (χ3n) is 5.09. The van der Waals surface area contributed by atoms with Crippen LogP contribution in [0.5, 0.6) is 17.2 Å². The second kappa shape index (κ2) is 10.5. The number of rotatable bonds is 9. The molecule has 1 aliphatic rings. The molecule has 1 saturated carbocycles. The van der Waals surface area contributed by atoms with Crippen LogP contribution in [0, 0.1) is 11.7 Å². The number of nitrogens with zero attached hydrogens (tertiary/aromatic N) is 1. The van der Waals surface area contributed by atoms with Crippen molar-refractivity contribution in [1.29, 1.82) is 0 Å². The normalized spacial score (nSPS) is 13.6. The van der Waals surface area contributed by atoms with Crippen LogP contribution in [0.1, 0.15) is 35.7 Å². The van der Waals surface area contributed by atoms with Crippen LogP contribution in [0.4, 0.5) is 10.1 Å². The number of anilines is 1. The van der Waals surface area contributed by atoms with E-state index in [9.17, 15) is 14.0 Å². The van der Waals surface area contributed by atoms with Gasteiger partial charge >= 0.3 is 0 Å². The molecule has 176 valence electrons. The average Bonchev–Trinajstić information content (AvgIpc) is 3.65. The van der Waals surface area contributed by atoms with Gasteiger partial charge in [0, 0.05) is 43.5 Å². The second-order valence-corrected chi connectivity index (χ2v) is 8.37. The van der Waals surface area contributed by atoms with E-state index in [-0.39, 0.29) is 23.8 Å². The summed E-state index contributed by atoms with van der Waals surface area (Å²) in [6, 6.07) is 12.7. The van der Waals surface area contributed by atoms with Crippen LogP contribution in [0.2, 0.25) is 0 Å². The Bertz CT molecular complexity index is 1200. The fraction of sp³-hybridized carbons (Fsp3) is 0.240. The van der Waals surface area contributed by atoms with E-state index < -0.39 is 17.3 Å². The molecule has 1 aliphatic carbocycles. The lowest BCUT2D eigenvalue weighted by Gasteiger charge is -2.15. The van der Waals surface area contributed by atoms with E-state index in [0.717, 1.165) is 12.8 Å². The van der Waals surface area contributed by atoms with Crippen molar-refractivity contribution in [2.75, 3.05) is 5.32 Å². The molecule has 0 bridgehead atoms. The van der Waals surface area contributed by atoms with Gasteiger partial charge in [0.15, 0.2) is 17.1 Å². The molecule has 0 spiro atoms. The van der Waals surface area contributed by atoms with Gasteiger partial charge in [-0.3, -0.25) is 14.6 Å². The van der Waals surface area contributed by atoms with Crippen LogP contribution >= 0.6 is 11.6 Å². The number of aromatic nitrogens is 1. The quantitative estimate of drug-likeness (QED) is 0.405. The maximum Gasteiger partial charge on any atom is 0.256 e. The Kier molecular flexibility index (Phi) is 7.27. The zero-order valence-electron chi connectivity index (χ0n) is 18.4. The van der Waals surface area contributed by atoms with E-state index in [1.807, 2.05) is 0 Å². The average molecular weight is 484 g/mol. The number of carbonyl (C=O) groups excluding carboxylic acids is 2. The Morgan fingerprint density at radius 3 is 2.74 bits per heavy atom. The van der Waals surface area contributed by atoms with Crippen molar-refractivity contribution in [3.63, 3.8) is 0 Å². The van der Waals surface area contributed by atoms with Crippen molar-refractivity contribution in [3.8, 4) is 17.2 Å². The lowest BCUT2D eigenvalue weighted by molar-refractivity contribution is -0.114. The molecule has 7 nitrogen and oxygen atoms in total. The Labute approximate surface area is 201 Å². The van der Waals surface area contributed by atoms with Gasteiger partial charge in [-0.2, -0.15) is 0 Å². The standard InChI is InChI=1S/C25H23ClFN3O4/c1-15(31)30-18-3-2-4-19(12-18)33-23-8-5-16(11-21(23)27)13-29-25(32)20-14-28-10-9-22(20)34-24(26)17-6-7-17/h2-5,8-12,14,17,24H,6-7,13H2,1H3,(H,29,32)(H,30,31). The number of halogens is 2. The van der Waals surface area contributed by atoms with Crippen LogP contribution in [0.15, 0.2) is 60.9 Å².